The molecule has 0 aromatic rings. The standard InChI is InChI=1S/C12H25N3O/c1-9-6-5-7-12(9,16)8-14-10(13)15-11(2,3)4/h9,16H,5-8H2,1-4H3,(H3,13,14,15). The molecule has 2 atom stereocenters. The van der Waals surface area contributed by atoms with Crippen LogP contribution in [0, 0.1) is 5.92 Å². The van der Waals surface area contributed by atoms with Gasteiger partial charge in [-0.2, -0.15) is 0 Å². The van der Waals surface area contributed by atoms with E-state index in [1.165, 1.54) is 0 Å². The lowest BCUT2D eigenvalue weighted by molar-refractivity contribution is 0.0186. The quantitative estimate of drug-likeness (QED) is 0.491. The molecule has 0 saturated heterocycles. The molecule has 1 aliphatic carbocycles. The van der Waals surface area contributed by atoms with E-state index in [2.05, 4.69) is 17.2 Å². The van der Waals surface area contributed by atoms with Crippen molar-refractivity contribution >= 4 is 5.96 Å². The topological polar surface area (TPSA) is 70.6 Å². The van der Waals surface area contributed by atoms with E-state index < -0.39 is 5.60 Å². The number of nitrogens with zero attached hydrogens (tertiary/aromatic N) is 1. The second-order valence-electron chi connectivity index (χ2n) is 5.97. The summed E-state index contributed by atoms with van der Waals surface area (Å²) in [5, 5.41) is 13.4. The van der Waals surface area contributed by atoms with Crippen molar-refractivity contribution in [1.29, 1.82) is 0 Å². The van der Waals surface area contributed by atoms with E-state index in [4.69, 9.17) is 5.73 Å². The molecule has 0 heterocycles. The van der Waals surface area contributed by atoms with Gasteiger partial charge in [-0.15, -0.1) is 0 Å². The Balaban J connectivity index is 2.52. The van der Waals surface area contributed by atoms with Gasteiger partial charge in [-0.1, -0.05) is 13.3 Å². The van der Waals surface area contributed by atoms with Gasteiger partial charge in [0, 0.05) is 5.54 Å². The Morgan fingerprint density at radius 2 is 2.19 bits per heavy atom. The second kappa shape index (κ2) is 4.62. The highest BCUT2D eigenvalue weighted by atomic mass is 16.3. The van der Waals surface area contributed by atoms with Crippen molar-refractivity contribution in [2.24, 2.45) is 16.6 Å². The monoisotopic (exact) mass is 227 g/mol. The fraction of sp³-hybridized carbons (Fsp3) is 0.917. The molecule has 0 aliphatic heterocycles. The van der Waals surface area contributed by atoms with E-state index >= 15 is 0 Å². The molecule has 2 unspecified atom stereocenters. The van der Waals surface area contributed by atoms with Gasteiger partial charge in [-0.3, -0.25) is 4.99 Å². The van der Waals surface area contributed by atoms with Crippen LogP contribution in [-0.4, -0.2) is 28.8 Å². The lowest BCUT2D eigenvalue weighted by Crippen LogP contribution is -2.46. The van der Waals surface area contributed by atoms with Crippen LogP contribution in [0.2, 0.25) is 0 Å². The Kier molecular flexibility index (Phi) is 3.84. The fourth-order valence-corrected chi connectivity index (χ4v) is 2.11. The molecule has 0 aromatic heterocycles. The van der Waals surface area contributed by atoms with Crippen LogP contribution < -0.4 is 11.1 Å². The van der Waals surface area contributed by atoms with Crippen molar-refractivity contribution in [2.75, 3.05) is 6.54 Å². The van der Waals surface area contributed by atoms with E-state index in [1.54, 1.807) is 0 Å². The van der Waals surface area contributed by atoms with Gasteiger partial charge < -0.3 is 16.2 Å². The van der Waals surface area contributed by atoms with Gasteiger partial charge in [0.05, 0.1) is 12.1 Å². The summed E-state index contributed by atoms with van der Waals surface area (Å²) in [6.45, 7) is 8.58. The third-order valence-electron chi connectivity index (χ3n) is 3.19. The summed E-state index contributed by atoms with van der Waals surface area (Å²) < 4.78 is 0. The van der Waals surface area contributed by atoms with Gasteiger partial charge in [0.2, 0.25) is 0 Å². The summed E-state index contributed by atoms with van der Waals surface area (Å²) in [5.74, 6) is 0.735. The molecule has 1 fully saturated rings. The smallest absolute Gasteiger partial charge is 0.189 e. The number of nitrogens with one attached hydrogen (secondary N) is 1. The normalized spacial score (nSPS) is 31.8. The summed E-state index contributed by atoms with van der Waals surface area (Å²) >= 11 is 0. The van der Waals surface area contributed by atoms with Gasteiger partial charge in [0.15, 0.2) is 5.96 Å². The molecule has 16 heavy (non-hydrogen) atoms. The summed E-state index contributed by atoms with van der Waals surface area (Å²) in [7, 11) is 0. The third-order valence-corrected chi connectivity index (χ3v) is 3.19. The first-order valence-electron chi connectivity index (χ1n) is 6.03. The number of guanidine groups is 1. The minimum absolute atomic E-state index is 0.0858. The van der Waals surface area contributed by atoms with Crippen LogP contribution in [0.15, 0.2) is 4.99 Å². The van der Waals surface area contributed by atoms with E-state index in [-0.39, 0.29) is 5.54 Å². The average Bonchev–Trinajstić information content (AvgIpc) is 2.42. The summed E-state index contributed by atoms with van der Waals surface area (Å²) in [4.78, 5) is 4.25. The van der Waals surface area contributed by atoms with Crippen molar-refractivity contribution in [3.8, 4) is 0 Å². The lowest BCUT2D eigenvalue weighted by Gasteiger charge is -2.27. The summed E-state index contributed by atoms with van der Waals surface area (Å²) in [6.07, 6.45) is 3.00. The first-order chi connectivity index (χ1) is 7.23. The van der Waals surface area contributed by atoms with Crippen LogP contribution in [0.3, 0.4) is 0 Å². The van der Waals surface area contributed by atoms with E-state index in [0.717, 1.165) is 19.3 Å². The molecule has 0 radical (unpaired) electrons. The minimum atomic E-state index is -0.649. The van der Waals surface area contributed by atoms with E-state index in [0.29, 0.717) is 18.4 Å². The van der Waals surface area contributed by atoms with Crippen molar-refractivity contribution < 1.29 is 5.11 Å². The number of aliphatic imine (C=N–C) groups is 1. The van der Waals surface area contributed by atoms with Crippen molar-refractivity contribution in [3.63, 3.8) is 0 Å². The maximum absolute atomic E-state index is 10.3. The Bertz CT molecular complexity index is 270. The van der Waals surface area contributed by atoms with Gasteiger partial charge in [-0.25, -0.2) is 0 Å². The van der Waals surface area contributed by atoms with Crippen molar-refractivity contribution in [1.82, 2.24) is 5.32 Å². The number of aliphatic hydroxyl groups is 1. The fourth-order valence-electron chi connectivity index (χ4n) is 2.11. The largest absolute Gasteiger partial charge is 0.388 e. The maximum atomic E-state index is 10.3. The zero-order chi connectivity index (χ0) is 12.4. The molecule has 0 amide bonds. The molecule has 1 saturated carbocycles. The van der Waals surface area contributed by atoms with Gasteiger partial charge in [0.25, 0.3) is 0 Å². The first kappa shape index (κ1) is 13.3. The van der Waals surface area contributed by atoms with Gasteiger partial charge >= 0.3 is 0 Å². The number of hydrogen-bond donors (Lipinski definition) is 3. The second-order valence-corrected chi connectivity index (χ2v) is 5.97. The van der Waals surface area contributed by atoms with Crippen LogP contribution in [0.25, 0.3) is 0 Å². The van der Waals surface area contributed by atoms with Crippen LogP contribution >= 0.6 is 0 Å². The van der Waals surface area contributed by atoms with Crippen LogP contribution in [-0.2, 0) is 0 Å². The zero-order valence-electron chi connectivity index (χ0n) is 10.9. The maximum Gasteiger partial charge on any atom is 0.189 e. The SMILES string of the molecule is CC1CCCC1(O)CN=C(N)NC(C)(C)C. The molecule has 94 valence electrons. The first-order valence-corrected chi connectivity index (χ1v) is 6.03. The molecular formula is C12H25N3O. The zero-order valence-corrected chi connectivity index (χ0v) is 10.9. The van der Waals surface area contributed by atoms with Crippen LogP contribution in [0.4, 0.5) is 0 Å². The average molecular weight is 227 g/mol. The Morgan fingerprint density at radius 3 is 2.62 bits per heavy atom. The van der Waals surface area contributed by atoms with E-state index in [9.17, 15) is 5.11 Å². The molecule has 4 N–H and O–H groups in total. The molecule has 0 spiro atoms. The molecule has 0 bridgehead atoms. The van der Waals surface area contributed by atoms with E-state index in [1.807, 2.05) is 20.8 Å². The predicted molar refractivity (Wildman–Crippen MR) is 67.3 cm³/mol. The summed E-state index contributed by atoms with van der Waals surface area (Å²) in [6, 6.07) is 0. The predicted octanol–water partition coefficient (Wildman–Crippen LogP) is 1.24. The molecule has 1 rings (SSSR count). The lowest BCUT2D eigenvalue weighted by atomic mass is 9.93. The molecule has 4 heteroatoms. The molecule has 4 nitrogen and oxygen atoms in total. The molecule has 1 aliphatic rings. The minimum Gasteiger partial charge on any atom is -0.388 e. The number of nitrogens with two attached hydrogens (primary N) is 1. The highest BCUT2D eigenvalue weighted by Crippen LogP contribution is 2.35. The highest BCUT2D eigenvalue weighted by Gasteiger charge is 2.37. The van der Waals surface area contributed by atoms with Crippen LogP contribution in [0.1, 0.15) is 47.0 Å². The third kappa shape index (κ3) is 3.67. The van der Waals surface area contributed by atoms with Crippen molar-refractivity contribution in [2.45, 2.75) is 58.1 Å². The van der Waals surface area contributed by atoms with Gasteiger partial charge in [0.1, 0.15) is 0 Å². The highest BCUT2D eigenvalue weighted by molar-refractivity contribution is 5.78. The molecule has 0 aromatic carbocycles. The summed E-state index contributed by atoms with van der Waals surface area (Å²) in [5.41, 5.74) is 5.04. The Morgan fingerprint density at radius 1 is 1.56 bits per heavy atom. The number of rotatable bonds is 2. The number of hydrogen-bond acceptors (Lipinski definition) is 2. The van der Waals surface area contributed by atoms with Crippen LogP contribution in [0.5, 0.6) is 0 Å². The Hall–Kier alpha value is -0.770. The Labute approximate surface area is 98.3 Å². The van der Waals surface area contributed by atoms with Gasteiger partial charge in [-0.05, 0) is 39.5 Å². The molecular weight excluding hydrogens is 202 g/mol. The van der Waals surface area contributed by atoms with Crippen molar-refractivity contribution in [3.05, 3.63) is 0 Å².